The van der Waals surface area contributed by atoms with Gasteiger partial charge in [0.1, 0.15) is 0 Å². The van der Waals surface area contributed by atoms with Crippen molar-refractivity contribution >= 4 is 5.97 Å². The molecule has 3 aliphatic rings. The fourth-order valence-corrected chi connectivity index (χ4v) is 5.26. The van der Waals surface area contributed by atoms with Gasteiger partial charge in [0.05, 0.1) is 31.0 Å². The Hall–Kier alpha value is -0.950. The molecule has 0 aromatic rings. The number of carboxylic acid groups (broad SMARTS) is 1. The van der Waals surface area contributed by atoms with Crippen LogP contribution in [0.1, 0.15) is 70.6 Å². The molecule has 6 heteroatoms. The van der Waals surface area contributed by atoms with Crippen LogP contribution in [0.2, 0.25) is 0 Å². The lowest BCUT2D eigenvalue weighted by atomic mass is 9.86. The molecule has 6 nitrogen and oxygen atoms in total. The van der Waals surface area contributed by atoms with E-state index in [1.807, 2.05) is 6.08 Å². The minimum absolute atomic E-state index is 0.00194. The van der Waals surface area contributed by atoms with Gasteiger partial charge in [-0.15, -0.1) is 0 Å². The molecule has 2 saturated carbocycles. The number of aliphatic hydroxyl groups excluding tert-OH is 2. The summed E-state index contributed by atoms with van der Waals surface area (Å²) in [5.41, 5.74) is 0. The van der Waals surface area contributed by atoms with Crippen LogP contribution in [0.3, 0.4) is 0 Å². The number of rotatable bonds is 9. The maximum Gasteiger partial charge on any atom is 0.303 e. The molecule has 166 valence electrons. The number of fused-ring (bicyclic) bond motifs is 1. The Bertz CT molecular complexity index is 529. The first-order chi connectivity index (χ1) is 14.0. The van der Waals surface area contributed by atoms with Crippen molar-refractivity contribution in [1.82, 2.24) is 0 Å². The third kappa shape index (κ3) is 7.06. The summed E-state index contributed by atoms with van der Waals surface area (Å²) < 4.78 is 12.0. The fraction of sp³-hybridized carbons (Fsp3) is 0.870. The molecule has 1 saturated heterocycles. The molecule has 0 aromatic carbocycles. The number of hydrogen-bond donors (Lipinski definition) is 3. The average Bonchev–Trinajstić information content (AvgIpc) is 2.87. The Labute approximate surface area is 174 Å². The van der Waals surface area contributed by atoms with E-state index in [4.69, 9.17) is 14.6 Å². The van der Waals surface area contributed by atoms with Gasteiger partial charge in [0, 0.05) is 25.4 Å². The zero-order valence-electron chi connectivity index (χ0n) is 17.5. The number of carboxylic acids is 1. The van der Waals surface area contributed by atoms with Gasteiger partial charge in [-0.05, 0) is 50.4 Å². The summed E-state index contributed by atoms with van der Waals surface area (Å²) in [6, 6.07) is 0. The van der Waals surface area contributed by atoms with Gasteiger partial charge in [0.15, 0.2) is 0 Å². The first kappa shape index (κ1) is 22.7. The third-order valence-electron chi connectivity index (χ3n) is 6.96. The molecule has 0 unspecified atom stereocenters. The van der Waals surface area contributed by atoms with Gasteiger partial charge in [-0.2, -0.15) is 0 Å². The zero-order chi connectivity index (χ0) is 20.6. The van der Waals surface area contributed by atoms with E-state index >= 15 is 0 Å². The highest BCUT2D eigenvalue weighted by Crippen LogP contribution is 2.42. The number of carbonyl (C=O) groups is 1. The van der Waals surface area contributed by atoms with E-state index in [0.717, 1.165) is 32.1 Å². The second kappa shape index (κ2) is 11.4. The Morgan fingerprint density at radius 1 is 1.17 bits per heavy atom. The number of aliphatic hydroxyl groups is 2. The van der Waals surface area contributed by atoms with Gasteiger partial charge in [-0.25, -0.2) is 0 Å². The Kier molecular flexibility index (Phi) is 8.97. The molecular weight excluding hydrogens is 372 g/mol. The molecule has 0 radical (unpaired) electrons. The van der Waals surface area contributed by atoms with E-state index in [-0.39, 0.29) is 30.5 Å². The minimum Gasteiger partial charge on any atom is -0.481 e. The molecule has 0 amide bonds. The van der Waals surface area contributed by atoms with Crippen LogP contribution in [0, 0.1) is 17.8 Å². The van der Waals surface area contributed by atoms with Gasteiger partial charge < -0.3 is 24.8 Å². The van der Waals surface area contributed by atoms with Crippen LogP contribution in [-0.2, 0) is 14.3 Å². The standard InChI is InChI=1S/C23H38O6/c24-17(15-28-18-6-2-1-3-7-18)10-12-19-20-11-9-16(5-4-8-23(26)27)14-29-22(20)13-21(19)25/h10,12,16-22,24-25H,1-9,11,13-15H2,(H,26,27)/t16-,17+,19+,20+,21+,22-/m0/s1. The Morgan fingerprint density at radius 2 is 1.97 bits per heavy atom. The normalized spacial score (nSPS) is 34.8. The van der Waals surface area contributed by atoms with Gasteiger partial charge in [-0.3, -0.25) is 4.79 Å². The largest absolute Gasteiger partial charge is 0.481 e. The molecule has 1 heterocycles. The number of aliphatic carboxylic acids is 1. The van der Waals surface area contributed by atoms with Crippen molar-refractivity contribution in [2.24, 2.45) is 17.8 Å². The zero-order valence-corrected chi connectivity index (χ0v) is 17.5. The lowest BCUT2D eigenvalue weighted by Gasteiger charge is -2.23. The second-order valence-corrected chi connectivity index (χ2v) is 9.19. The molecule has 3 rings (SSSR count). The van der Waals surface area contributed by atoms with E-state index in [1.165, 1.54) is 19.3 Å². The highest BCUT2D eigenvalue weighted by molar-refractivity contribution is 5.66. The molecule has 0 aromatic heterocycles. The van der Waals surface area contributed by atoms with E-state index in [2.05, 4.69) is 0 Å². The molecule has 29 heavy (non-hydrogen) atoms. The summed E-state index contributed by atoms with van der Waals surface area (Å²) in [6.45, 7) is 0.974. The van der Waals surface area contributed by atoms with Crippen LogP contribution in [0.25, 0.3) is 0 Å². The number of ether oxygens (including phenoxy) is 2. The summed E-state index contributed by atoms with van der Waals surface area (Å²) in [6.07, 6.45) is 13.3. The summed E-state index contributed by atoms with van der Waals surface area (Å²) in [5.74, 6) is -0.0775. The van der Waals surface area contributed by atoms with Crippen molar-refractivity contribution in [3.8, 4) is 0 Å². The predicted octanol–water partition coefficient (Wildman–Crippen LogP) is 3.30. The second-order valence-electron chi connectivity index (χ2n) is 9.19. The van der Waals surface area contributed by atoms with Crippen molar-refractivity contribution in [3.05, 3.63) is 12.2 Å². The van der Waals surface area contributed by atoms with Crippen LogP contribution < -0.4 is 0 Å². The lowest BCUT2D eigenvalue weighted by molar-refractivity contribution is -0.137. The number of hydrogen-bond acceptors (Lipinski definition) is 5. The monoisotopic (exact) mass is 410 g/mol. The van der Waals surface area contributed by atoms with Crippen molar-refractivity contribution in [2.45, 2.75) is 95.0 Å². The predicted molar refractivity (Wildman–Crippen MR) is 110 cm³/mol. The topological polar surface area (TPSA) is 96.2 Å². The molecule has 3 fully saturated rings. The summed E-state index contributed by atoms with van der Waals surface area (Å²) in [4.78, 5) is 10.7. The highest BCUT2D eigenvalue weighted by atomic mass is 16.5. The molecule has 2 aliphatic carbocycles. The molecule has 0 bridgehead atoms. The van der Waals surface area contributed by atoms with Gasteiger partial charge in [-0.1, -0.05) is 31.4 Å². The van der Waals surface area contributed by atoms with Crippen LogP contribution in [0.5, 0.6) is 0 Å². The van der Waals surface area contributed by atoms with E-state index in [1.54, 1.807) is 6.08 Å². The molecular formula is C23H38O6. The minimum atomic E-state index is -0.740. The van der Waals surface area contributed by atoms with E-state index in [9.17, 15) is 15.0 Å². The van der Waals surface area contributed by atoms with Crippen LogP contribution in [0.15, 0.2) is 12.2 Å². The molecule has 6 atom stereocenters. The van der Waals surface area contributed by atoms with Gasteiger partial charge in [0.25, 0.3) is 0 Å². The smallest absolute Gasteiger partial charge is 0.303 e. The first-order valence-electron chi connectivity index (χ1n) is 11.5. The molecule has 1 aliphatic heterocycles. The summed E-state index contributed by atoms with van der Waals surface area (Å²) in [7, 11) is 0. The van der Waals surface area contributed by atoms with Crippen LogP contribution in [0.4, 0.5) is 0 Å². The first-order valence-corrected chi connectivity index (χ1v) is 11.5. The Balaban J connectivity index is 1.45. The Morgan fingerprint density at radius 3 is 2.72 bits per heavy atom. The molecule has 0 spiro atoms. The van der Waals surface area contributed by atoms with E-state index < -0.39 is 18.2 Å². The van der Waals surface area contributed by atoms with Crippen LogP contribution >= 0.6 is 0 Å². The molecule has 3 N–H and O–H groups in total. The maximum atomic E-state index is 10.7. The van der Waals surface area contributed by atoms with Crippen molar-refractivity contribution in [3.63, 3.8) is 0 Å². The quantitative estimate of drug-likeness (QED) is 0.505. The maximum absolute atomic E-state index is 10.7. The fourth-order valence-electron chi connectivity index (χ4n) is 5.26. The van der Waals surface area contributed by atoms with Crippen molar-refractivity contribution in [2.75, 3.05) is 13.2 Å². The van der Waals surface area contributed by atoms with E-state index in [0.29, 0.717) is 32.0 Å². The highest BCUT2D eigenvalue weighted by Gasteiger charge is 2.43. The summed E-state index contributed by atoms with van der Waals surface area (Å²) in [5, 5.41) is 29.6. The summed E-state index contributed by atoms with van der Waals surface area (Å²) >= 11 is 0. The van der Waals surface area contributed by atoms with Crippen LogP contribution in [-0.4, -0.2) is 58.9 Å². The lowest BCUT2D eigenvalue weighted by Crippen LogP contribution is -2.24. The van der Waals surface area contributed by atoms with Crippen molar-refractivity contribution < 1.29 is 29.6 Å². The van der Waals surface area contributed by atoms with Gasteiger partial charge >= 0.3 is 5.97 Å². The average molecular weight is 411 g/mol. The van der Waals surface area contributed by atoms with Crippen molar-refractivity contribution in [1.29, 1.82) is 0 Å². The SMILES string of the molecule is O=C(O)CCC[C@H]1CC[C@@H]2[C@@H](C=C[C@@H](O)COC3CCCCC3)[C@H](O)C[C@@H]2OC1. The van der Waals surface area contributed by atoms with Gasteiger partial charge in [0.2, 0.25) is 0 Å². The third-order valence-corrected chi connectivity index (χ3v) is 6.96.